The molecule has 26 heavy (non-hydrogen) atoms. The van der Waals surface area contributed by atoms with Gasteiger partial charge in [0.2, 0.25) is 5.75 Å². The van der Waals surface area contributed by atoms with Crippen LogP contribution in [0.3, 0.4) is 0 Å². The molecular weight excluding hydrogens is 338 g/mol. The number of fused-ring (bicyclic) bond motifs is 1. The quantitative estimate of drug-likeness (QED) is 0.459. The maximum absolute atomic E-state index is 12.6. The number of carbonyl (C=O) groups is 1. The van der Waals surface area contributed by atoms with E-state index in [2.05, 4.69) is 9.88 Å². The first-order chi connectivity index (χ1) is 12.3. The summed E-state index contributed by atoms with van der Waals surface area (Å²) < 4.78 is 0. The van der Waals surface area contributed by atoms with E-state index < -0.39 is 16.4 Å². The molecule has 1 unspecified atom stereocenters. The molecule has 0 amide bonds. The van der Waals surface area contributed by atoms with Crippen molar-refractivity contribution < 1.29 is 19.5 Å². The van der Waals surface area contributed by atoms with Crippen molar-refractivity contribution in [3.8, 4) is 5.75 Å². The second-order valence-electron chi connectivity index (χ2n) is 6.86. The molecule has 2 heterocycles. The molecule has 1 saturated heterocycles. The van der Waals surface area contributed by atoms with E-state index in [0.29, 0.717) is 11.8 Å². The third kappa shape index (κ3) is 3.08. The Morgan fingerprint density at radius 3 is 2.85 bits per heavy atom. The van der Waals surface area contributed by atoms with E-state index in [1.54, 1.807) is 12.1 Å². The van der Waals surface area contributed by atoms with Gasteiger partial charge < -0.3 is 0 Å². The second kappa shape index (κ2) is 6.87. The van der Waals surface area contributed by atoms with E-state index in [1.165, 1.54) is 18.3 Å². The summed E-state index contributed by atoms with van der Waals surface area (Å²) in [5, 5.41) is 11.5. The fourth-order valence-corrected chi connectivity index (χ4v) is 3.56. The van der Waals surface area contributed by atoms with E-state index in [4.69, 9.17) is 9.78 Å². The maximum Gasteiger partial charge on any atom is 0.375 e. The first-order valence-electron chi connectivity index (χ1n) is 8.52. The van der Waals surface area contributed by atoms with Gasteiger partial charge in [-0.3, -0.25) is 24.9 Å². The molecule has 1 aliphatic heterocycles. The standard InChI is InChI=1S/C18H21N3O5/c1-12(2)20-11-5-9-18(20,3)17(22)26-25-15-8-7-14(21(23)24)13-6-4-10-19-16(13)15/h4,6-8,10,12H,5,9,11H2,1-3H3. The van der Waals surface area contributed by atoms with Crippen LogP contribution in [0.1, 0.15) is 33.6 Å². The molecule has 8 nitrogen and oxygen atoms in total. The summed E-state index contributed by atoms with van der Waals surface area (Å²) in [5.74, 6) is -0.316. The zero-order chi connectivity index (χ0) is 18.9. The van der Waals surface area contributed by atoms with E-state index in [0.717, 1.165) is 13.0 Å². The van der Waals surface area contributed by atoms with Crippen molar-refractivity contribution in [1.29, 1.82) is 0 Å². The lowest BCUT2D eigenvalue weighted by Crippen LogP contribution is -2.52. The van der Waals surface area contributed by atoms with E-state index in [-0.39, 0.29) is 23.0 Å². The molecule has 1 aromatic heterocycles. The van der Waals surface area contributed by atoms with Crippen molar-refractivity contribution in [2.75, 3.05) is 6.54 Å². The monoisotopic (exact) mass is 359 g/mol. The largest absolute Gasteiger partial charge is 0.375 e. The Balaban J connectivity index is 1.83. The minimum absolute atomic E-state index is 0.0829. The van der Waals surface area contributed by atoms with Crippen LogP contribution >= 0.6 is 0 Å². The fraction of sp³-hybridized carbons (Fsp3) is 0.444. The average molecular weight is 359 g/mol. The van der Waals surface area contributed by atoms with Gasteiger partial charge >= 0.3 is 5.97 Å². The Morgan fingerprint density at radius 1 is 1.38 bits per heavy atom. The van der Waals surface area contributed by atoms with E-state index >= 15 is 0 Å². The normalized spacial score (nSPS) is 20.5. The topological polar surface area (TPSA) is 94.8 Å². The lowest BCUT2D eigenvalue weighted by Gasteiger charge is -2.34. The molecule has 0 radical (unpaired) electrons. The number of non-ortho nitro benzene ring substituents is 1. The van der Waals surface area contributed by atoms with Crippen molar-refractivity contribution in [1.82, 2.24) is 9.88 Å². The highest BCUT2D eigenvalue weighted by Crippen LogP contribution is 2.34. The molecule has 138 valence electrons. The van der Waals surface area contributed by atoms with Gasteiger partial charge in [0.15, 0.2) is 0 Å². The molecule has 1 fully saturated rings. The summed E-state index contributed by atoms with van der Waals surface area (Å²) in [6.07, 6.45) is 3.10. The summed E-state index contributed by atoms with van der Waals surface area (Å²) in [6.45, 7) is 6.74. The maximum atomic E-state index is 12.6. The fourth-order valence-electron chi connectivity index (χ4n) is 3.56. The Labute approximate surface area is 150 Å². The highest BCUT2D eigenvalue weighted by atomic mass is 17.2. The van der Waals surface area contributed by atoms with Crippen LogP contribution in [0.25, 0.3) is 10.9 Å². The zero-order valence-electron chi connectivity index (χ0n) is 15.0. The predicted molar refractivity (Wildman–Crippen MR) is 94.6 cm³/mol. The van der Waals surface area contributed by atoms with Crippen LogP contribution in [0.4, 0.5) is 5.69 Å². The Kier molecular flexibility index (Phi) is 4.78. The molecule has 1 aromatic carbocycles. The van der Waals surface area contributed by atoms with Crippen LogP contribution in [0.15, 0.2) is 30.5 Å². The summed E-state index contributed by atoms with van der Waals surface area (Å²) >= 11 is 0. The highest BCUT2D eigenvalue weighted by Gasteiger charge is 2.46. The van der Waals surface area contributed by atoms with Gasteiger partial charge in [-0.1, -0.05) is 0 Å². The first-order valence-corrected chi connectivity index (χ1v) is 8.52. The van der Waals surface area contributed by atoms with Gasteiger partial charge in [-0.15, -0.1) is 0 Å². The van der Waals surface area contributed by atoms with E-state index in [9.17, 15) is 14.9 Å². The summed E-state index contributed by atoms with van der Waals surface area (Å²) in [5.41, 5.74) is -0.564. The summed E-state index contributed by atoms with van der Waals surface area (Å²) in [4.78, 5) is 39.9. The number of hydrogen-bond acceptors (Lipinski definition) is 7. The molecule has 0 saturated carbocycles. The average Bonchev–Trinajstić information content (AvgIpc) is 3.02. The minimum atomic E-state index is -0.752. The smallest absolute Gasteiger partial charge is 0.286 e. The number of nitro groups is 1. The van der Waals surface area contributed by atoms with Crippen LogP contribution < -0.4 is 4.89 Å². The van der Waals surface area contributed by atoms with Gasteiger partial charge in [-0.2, -0.15) is 0 Å². The molecule has 0 bridgehead atoms. The van der Waals surface area contributed by atoms with Crippen LogP contribution in [0.5, 0.6) is 5.75 Å². The van der Waals surface area contributed by atoms with Crippen LogP contribution in [0.2, 0.25) is 0 Å². The van der Waals surface area contributed by atoms with Crippen molar-refractivity contribution in [3.05, 3.63) is 40.6 Å². The van der Waals surface area contributed by atoms with Gasteiger partial charge in [-0.05, 0) is 58.4 Å². The molecule has 8 heteroatoms. The SMILES string of the molecule is CC(C)N1CCCC1(C)C(=O)OOc1ccc([N+](=O)[O-])c2cccnc12. The van der Waals surface area contributed by atoms with Gasteiger partial charge in [0.1, 0.15) is 11.1 Å². The van der Waals surface area contributed by atoms with Crippen molar-refractivity contribution in [2.45, 2.75) is 45.2 Å². The highest BCUT2D eigenvalue weighted by molar-refractivity contribution is 5.92. The van der Waals surface area contributed by atoms with Crippen LogP contribution in [-0.4, -0.2) is 38.9 Å². The number of rotatable bonds is 5. The number of likely N-dealkylation sites (tertiary alicyclic amines) is 1. The first kappa shape index (κ1) is 18.1. The number of pyridine rings is 1. The van der Waals surface area contributed by atoms with Gasteiger partial charge in [0.25, 0.3) is 5.69 Å². The second-order valence-corrected chi connectivity index (χ2v) is 6.86. The zero-order valence-corrected chi connectivity index (χ0v) is 15.0. The number of carbonyl (C=O) groups excluding carboxylic acids is 1. The van der Waals surface area contributed by atoms with Gasteiger partial charge in [-0.25, -0.2) is 9.68 Å². The molecule has 3 rings (SSSR count). The van der Waals surface area contributed by atoms with E-state index in [1.807, 2.05) is 20.8 Å². The summed E-state index contributed by atoms with van der Waals surface area (Å²) in [7, 11) is 0. The Hall–Kier alpha value is -2.74. The van der Waals surface area contributed by atoms with Crippen LogP contribution in [-0.2, 0) is 9.68 Å². The van der Waals surface area contributed by atoms with Crippen LogP contribution in [0, 0.1) is 10.1 Å². The minimum Gasteiger partial charge on any atom is -0.286 e. The lowest BCUT2D eigenvalue weighted by molar-refractivity contribution is -0.383. The molecule has 0 N–H and O–H groups in total. The number of hydrogen-bond donors (Lipinski definition) is 0. The molecule has 1 atom stereocenters. The Bertz CT molecular complexity index is 854. The third-order valence-electron chi connectivity index (χ3n) is 4.87. The molecule has 0 aliphatic carbocycles. The van der Waals surface area contributed by atoms with Gasteiger partial charge in [0, 0.05) is 18.3 Å². The Morgan fingerprint density at radius 2 is 2.15 bits per heavy atom. The summed E-state index contributed by atoms with van der Waals surface area (Å²) in [6, 6.07) is 6.08. The molecular formula is C18H21N3O5. The third-order valence-corrected chi connectivity index (χ3v) is 4.87. The number of aromatic nitrogens is 1. The predicted octanol–water partition coefficient (Wildman–Crippen LogP) is 3.24. The van der Waals surface area contributed by atoms with Gasteiger partial charge in [0.05, 0.1) is 10.3 Å². The molecule has 1 aliphatic rings. The molecule has 2 aromatic rings. The number of nitrogens with zero attached hydrogens (tertiary/aromatic N) is 3. The molecule has 0 spiro atoms. The number of nitro benzene ring substituents is 1. The van der Waals surface area contributed by atoms with Crippen molar-refractivity contribution in [2.24, 2.45) is 0 Å². The van der Waals surface area contributed by atoms with Crippen molar-refractivity contribution in [3.63, 3.8) is 0 Å². The number of benzene rings is 1. The van der Waals surface area contributed by atoms with Crippen molar-refractivity contribution >= 4 is 22.6 Å². The lowest BCUT2D eigenvalue weighted by atomic mass is 9.98.